The van der Waals surface area contributed by atoms with Gasteiger partial charge in [0, 0.05) is 36.8 Å². The van der Waals surface area contributed by atoms with Crippen LogP contribution in [0.2, 0.25) is 0 Å². The summed E-state index contributed by atoms with van der Waals surface area (Å²) >= 11 is 0. The van der Waals surface area contributed by atoms with E-state index in [2.05, 4.69) is 5.32 Å². The maximum Gasteiger partial charge on any atom is 0.254 e. The maximum absolute atomic E-state index is 12.7. The lowest BCUT2D eigenvalue weighted by atomic mass is 9.95. The number of likely N-dealkylation sites (tertiary alicyclic amines) is 1. The van der Waals surface area contributed by atoms with Crippen molar-refractivity contribution < 1.29 is 9.59 Å². The number of halogens is 1. The number of piperidine rings is 1. The van der Waals surface area contributed by atoms with Crippen LogP contribution in [0.4, 0.5) is 0 Å². The van der Waals surface area contributed by atoms with Gasteiger partial charge >= 0.3 is 0 Å². The molecule has 0 aliphatic carbocycles. The van der Waals surface area contributed by atoms with Crippen LogP contribution >= 0.6 is 12.4 Å². The molecule has 1 aliphatic rings. The fourth-order valence-electron chi connectivity index (χ4n) is 2.86. The van der Waals surface area contributed by atoms with Gasteiger partial charge < -0.3 is 16.0 Å². The van der Waals surface area contributed by atoms with E-state index >= 15 is 0 Å². The first kappa shape index (κ1) is 18.5. The fourth-order valence-corrected chi connectivity index (χ4v) is 2.86. The summed E-state index contributed by atoms with van der Waals surface area (Å²) in [5.74, 6) is -0.227. The standard InChI is InChI=1S/C16H23N3O2.ClH/c1-11(17)14-8-3-4-9-19(14)16(21)13-7-5-6-12(10-13)15(20)18-2;/h5-7,10-11,14H,3-4,8-9,17H2,1-2H3,(H,18,20);1H. The zero-order chi connectivity index (χ0) is 15.4. The third-order valence-electron chi connectivity index (χ3n) is 4.02. The van der Waals surface area contributed by atoms with Crippen LogP contribution in [0, 0.1) is 0 Å². The Bertz CT molecular complexity index is 534. The quantitative estimate of drug-likeness (QED) is 0.890. The van der Waals surface area contributed by atoms with E-state index in [4.69, 9.17) is 5.73 Å². The minimum atomic E-state index is -0.188. The molecule has 1 heterocycles. The van der Waals surface area contributed by atoms with Gasteiger partial charge in [-0.05, 0) is 44.4 Å². The molecule has 2 rings (SSSR count). The number of rotatable bonds is 3. The lowest BCUT2D eigenvalue weighted by molar-refractivity contribution is 0.0584. The first-order chi connectivity index (χ1) is 10.0. The SMILES string of the molecule is CNC(=O)c1cccc(C(=O)N2CCCCC2C(C)N)c1.Cl. The molecule has 22 heavy (non-hydrogen) atoms. The van der Waals surface area contributed by atoms with Gasteiger partial charge in [0.05, 0.1) is 0 Å². The molecule has 1 aromatic carbocycles. The Morgan fingerprint density at radius 3 is 2.64 bits per heavy atom. The van der Waals surface area contributed by atoms with E-state index in [1.165, 1.54) is 0 Å². The molecule has 2 atom stereocenters. The maximum atomic E-state index is 12.7. The molecule has 1 aromatic rings. The molecule has 122 valence electrons. The van der Waals surface area contributed by atoms with Crippen LogP contribution in [0.25, 0.3) is 0 Å². The molecule has 1 saturated heterocycles. The summed E-state index contributed by atoms with van der Waals surface area (Å²) in [5, 5.41) is 2.57. The van der Waals surface area contributed by atoms with Crippen molar-refractivity contribution in [1.29, 1.82) is 0 Å². The van der Waals surface area contributed by atoms with Crippen molar-refractivity contribution in [3.05, 3.63) is 35.4 Å². The summed E-state index contributed by atoms with van der Waals surface area (Å²) in [6, 6.07) is 6.87. The monoisotopic (exact) mass is 325 g/mol. The van der Waals surface area contributed by atoms with Gasteiger partial charge in [-0.2, -0.15) is 0 Å². The highest BCUT2D eigenvalue weighted by Crippen LogP contribution is 2.21. The molecule has 1 fully saturated rings. The Morgan fingerprint density at radius 1 is 1.32 bits per heavy atom. The molecule has 5 nitrogen and oxygen atoms in total. The van der Waals surface area contributed by atoms with E-state index in [9.17, 15) is 9.59 Å². The van der Waals surface area contributed by atoms with Gasteiger partial charge in [0.1, 0.15) is 0 Å². The summed E-state index contributed by atoms with van der Waals surface area (Å²) < 4.78 is 0. The van der Waals surface area contributed by atoms with Gasteiger partial charge in [-0.1, -0.05) is 6.07 Å². The van der Waals surface area contributed by atoms with Gasteiger partial charge in [0.15, 0.2) is 0 Å². The van der Waals surface area contributed by atoms with Crippen LogP contribution < -0.4 is 11.1 Å². The minimum absolute atomic E-state index is 0. The second kappa shape index (κ2) is 8.15. The fraction of sp³-hybridized carbons (Fsp3) is 0.500. The first-order valence-corrected chi connectivity index (χ1v) is 7.43. The Balaban J connectivity index is 0.00000242. The number of amides is 2. The predicted molar refractivity (Wildman–Crippen MR) is 89.4 cm³/mol. The number of hydrogen-bond acceptors (Lipinski definition) is 3. The third-order valence-corrected chi connectivity index (χ3v) is 4.02. The molecule has 2 amide bonds. The average Bonchev–Trinajstić information content (AvgIpc) is 2.53. The van der Waals surface area contributed by atoms with Crippen LogP contribution in [0.5, 0.6) is 0 Å². The zero-order valence-corrected chi connectivity index (χ0v) is 13.9. The lowest BCUT2D eigenvalue weighted by Gasteiger charge is -2.38. The van der Waals surface area contributed by atoms with Gasteiger partial charge in [0.25, 0.3) is 11.8 Å². The van der Waals surface area contributed by atoms with E-state index in [1.54, 1.807) is 31.3 Å². The van der Waals surface area contributed by atoms with E-state index in [-0.39, 0.29) is 36.3 Å². The summed E-state index contributed by atoms with van der Waals surface area (Å²) in [4.78, 5) is 26.3. The number of carbonyl (C=O) groups is 2. The summed E-state index contributed by atoms with van der Waals surface area (Å²) in [7, 11) is 1.58. The largest absolute Gasteiger partial charge is 0.355 e. The second-order valence-corrected chi connectivity index (χ2v) is 5.58. The number of hydrogen-bond donors (Lipinski definition) is 2. The first-order valence-electron chi connectivity index (χ1n) is 7.43. The Labute approximate surface area is 137 Å². The summed E-state index contributed by atoms with van der Waals surface area (Å²) in [6.07, 6.45) is 3.05. The molecule has 0 aromatic heterocycles. The van der Waals surface area contributed by atoms with Crippen LogP contribution in [-0.4, -0.2) is 42.4 Å². The molecule has 0 saturated carbocycles. The molecular formula is C16H24ClN3O2. The smallest absolute Gasteiger partial charge is 0.254 e. The molecule has 0 bridgehead atoms. The molecule has 6 heteroatoms. The molecule has 2 unspecified atom stereocenters. The molecule has 1 aliphatic heterocycles. The average molecular weight is 326 g/mol. The van der Waals surface area contributed by atoms with Crippen LogP contribution in [0.1, 0.15) is 46.9 Å². The van der Waals surface area contributed by atoms with E-state index < -0.39 is 0 Å². The molecule has 0 spiro atoms. The van der Waals surface area contributed by atoms with E-state index in [0.29, 0.717) is 11.1 Å². The van der Waals surface area contributed by atoms with Crippen LogP contribution in [-0.2, 0) is 0 Å². The second-order valence-electron chi connectivity index (χ2n) is 5.58. The van der Waals surface area contributed by atoms with Crippen molar-refractivity contribution >= 4 is 24.2 Å². The van der Waals surface area contributed by atoms with Crippen LogP contribution in [0.3, 0.4) is 0 Å². The highest BCUT2D eigenvalue weighted by molar-refractivity contribution is 5.99. The number of nitrogens with two attached hydrogens (primary N) is 1. The van der Waals surface area contributed by atoms with Gasteiger partial charge in [-0.25, -0.2) is 0 Å². The summed E-state index contributed by atoms with van der Waals surface area (Å²) in [5.41, 5.74) is 7.06. The van der Waals surface area contributed by atoms with E-state index in [0.717, 1.165) is 25.8 Å². The van der Waals surface area contributed by atoms with Crippen molar-refractivity contribution in [3.8, 4) is 0 Å². The highest BCUT2D eigenvalue weighted by atomic mass is 35.5. The van der Waals surface area contributed by atoms with Crippen molar-refractivity contribution in [3.63, 3.8) is 0 Å². The van der Waals surface area contributed by atoms with Gasteiger partial charge in [0.2, 0.25) is 0 Å². The minimum Gasteiger partial charge on any atom is -0.355 e. The highest BCUT2D eigenvalue weighted by Gasteiger charge is 2.29. The summed E-state index contributed by atoms with van der Waals surface area (Å²) in [6.45, 7) is 2.67. The van der Waals surface area contributed by atoms with Crippen molar-refractivity contribution in [2.45, 2.75) is 38.3 Å². The topological polar surface area (TPSA) is 75.4 Å². The Morgan fingerprint density at radius 2 is 2.00 bits per heavy atom. The predicted octanol–water partition coefficient (Wildman–Crippen LogP) is 1.81. The number of carbonyl (C=O) groups excluding carboxylic acids is 2. The van der Waals surface area contributed by atoms with Crippen molar-refractivity contribution in [2.24, 2.45) is 5.73 Å². The van der Waals surface area contributed by atoms with Crippen molar-refractivity contribution in [2.75, 3.05) is 13.6 Å². The Kier molecular flexibility index (Phi) is 6.84. The molecule has 3 N–H and O–H groups in total. The van der Waals surface area contributed by atoms with Gasteiger partial charge in [-0.15, -0.1) is 12.4 Å². The van der Waals surface area contributed by atoms with Gasteiger partial charge in [-0.3, -0.25) is 9.59 Å². The normalized spacial score (nSPS) is 19.0. The lowest BCUT2D eigenvalue weighted by Crippen LogP contribution is -2.51. The zero-order valence-electron chi connectivity index (χ0n) is 13.0. The molecule has 0 radical (unpaired) electrons. The van der Waals surface area contributed by atoms with Crippen LogP contribution in [0.15, 0.2) is 24.3 Å². The number of benzene rings is 1. The van der Waals surface area contributed by atoms with E-state index in [1.807, 2.05) is 11.8 Å². The number of nitrogens with zero attached hydrogens (tertiary/aromatic N) is 1. The molecular weight excluding hydrogens is 302 g/mol. The van der Waals surface area contributed by atoms with Crippen molar-refractivity contribution in [1.82, 2.24) is 10.2 Å². The number of nitrogens with one attached hydrogen (secondary N) is 1. The Hall–Kier alpha value is -1.59. The third kappa shape index (κ3) is 3.99.